The molecule has 0 aliphatic carbocycles. The molecule has 19 heavy (non-hydrogen) atoms. The zero-order valence-corrected chi connectivity index (χ0v) is 11.8. The Balaban J connectivity index is -0.000000256. The molecule has 2 atom stereocenters. The van der Waals surface area contributed by atoms with Crippen molar-refractivity contribution in [3.8, 4) is 0 Å². The van der Waals surface area contributed by atoms with Gasteiger partial charge in [-0.15, -0.1) is 9.81 Å². The molecule has 10 nitrogen and oxygen atoms in total. The van der Waals surface area contributed by atoms with Gasteiger partial charge < -0.3 is 31.3 Å². The van der Waals surface area contributed by atoms with Crippen molar-refractivity contribution in [2.24, 2.45) is 20.6 Å². The number of carbonyl (C=O) groups excluding carboxylic acids is 2. The first-order chi connectivity index (χ1) is 8.36. The van der Waals surface area contributed by atoms with Crippen LogP contribution in [0.2, 0.25) is 0 Å². The fourth-order valence-electron chi connectivity index (χ4n) is 0.358. The summed E-state index contributed by atoms with van der Waals surface area (Å²) in [4.78, 5) is 38.4. The van der Waals surface area contributed by atoms with Gasteiger partial charge in [0, 0.05) is 44.6 Å². The number of rotatable bonds is 8. The van der Waals surface area contributed by atoms with Crippen molar-refractivity contribution in [1.82, 2.24) is 0 Å². The molecule has 0 spiro atoms. The van der Waals surface area contributed by atoms with E-state index >= 15 is 0 Å². The van der Waals surface area contributed by atoms with Gasteiger partial charge in [-0.3, -0.25) is 0 Å². The molecule has 0 aromatic carbocycles. The molecule has 0 unspecified atom stereocenters. The van der Waals surface area contributed by atoms with E-state index in [9.17, 15) is 29.6 Å². The molecule has 1 radical (unpaired) electrons. The Morgan fingerprint density at radius 3 is 1.37 bits per heavy atom. The minimum Gasteiger partial charge on any atom is -0.548 e. The molecular formula is C6H10CuN4O6S2. The third kappa shape index (κ3) is 17.3. The summed E-state index contributed by atoms with van der Waals surface area (Å²) in [6, 6.07) is -2.21. The quantitative estimate of drug-likeness (QED) is 0.255. The maximum atomic E-state index is 9.81. The molecule has 0 aromatic heterocycles. The SMILES string of the molecule is N[C@@H](CSN=O)C(=O)[O-].N[C@@H](CSN=O)C(=O)[O-].[Cu+2]. The number of hydrogen-bond donors (Lipinski definition) is 2. The van der Waals surface area contributed by atoms with E-state index in [4.69, 9.17) is 11.5 Å². The molecule has 0 bridgehead atoms. The Labute approximate surface area is 127 Å². The Hall–Kier alpha value is -0.721. The van der Waals surface area contributed by atoms with Crippen LogP contribution in [0.3, 0.4) is 0 Å². The van der Waals surface area contributed by atoms with Crippen LogP contribution < -0.4 is 21.7 Å². The van der Waals surface area contributed by atoms with E-state index in [2.05, 4.69) is 9.16 Å². The van der Waals surface area contributed by atoms with Crippen molar-refractivity contribution in [1.29, 1.82) is 0 Å². The van der Waals surface area contributed by atoms with Crippen LogP contribution in [0.5, 0.6) is 0 Å². The summed E-state index contributed by atoms with van der Waals surface area (Å²) in [5.41, 5.74) is 9.84. The molecular weight excluding hydrogens is 352 g/mol. The van der Waals surface area contributed by atoms with Crippen molar-refractivity contribution in [3.05, 3.63) is 9.81 Å². The molecule has 0 aromatic rings. The Bertz CT molecular complexity index is 269. The summed E-state index contributed by atoms with van der Waals surface area (Å²) >= 11 is 1.14. The fraction of sp³-hybridized carbons (Fsp3) is 0.667. The number of carboxylic acid groups (broad SMARTS) is 2. The van der Waals surface area contributed by atoms with Crippen molar-refractivity contribution in [3.63, 3.8) is 0 Å². The van der Waals surface area contributed by atoms with Gasteiger partial charge in [0.25, 0.3) is 0 Å². The first-order valence-corrected chi connectivity index (χ1v) is 6.07. The first-order valence-electron chi connectivity index (χ1n) is 4.18. The number of aliphatic carboxylic acids is 2. The topological polar surface area (TPSA) is 191 Å². The third-order valence-corrected chi connectivity index (χ3v) is 2.45. The van der Waals surface area contributed by atoms with Crippen molar-refractivity contribution < 1.29 is 36.9 Å². The Kier molecular flexibility index (Phi) is 18.9. The predicted molar refractivity (Wildman–Crippen MR) is 62.5 cm³/mol. The summed E-state index contributed by atoms with van der Waals surface area (Å²) in [6.07, 6.45) is 0. The van der Waals surface area contributed by atoms with Gasteiger partial charge in [0.05, 0.1) is 24.0 Å². The van der Waals surface area contributed by atoms with E-state index < -0.39 is 24.0 Å². The maximum absolute atomic E-state index is 9.81. The van der Waals surface area contributed by atoms with Crippen LogP contribution in [0, 0.1) is 9.81 Å². The maximum Gasteiger partial charge on any atom is 2.00 e. The number of carbonyl (C=O) groups is 2. The molecule has 0 fully saturated rings. The molecule has 0 saturated heterocycles. The van der Waals surface area contributed by atoms with E-state index in [1.54, 1.807) is 0 Å². The minimum atomic E-state index is -1.37. The standard InChI is InChI=1S/2C3H6N2O3S.Cu/c2*4-2(3(6)7)1-9-5-8;/h2*2H,1,4H2,(H,6,7);/q;;+2/p-2/t2*2-;/m00./s1. The molecule has 0 aliphatic heterocycles. The van der Waals surface area contributed by atoms with Gasteiger partial charge in [-0.05, 0) is 0 Å². The van der Waals surface area contributed by atoms with Crippen LogP contribution in [0.1, 0.15) is 0 Å². The minimum absolute atomic E-state index is 0. The second-order valence-electron chi connectivity index (χ2n) is 2.59. The molecule has 0 heterocycles. The van der Waals surface area contributed by atoms with Crippen LogP contribution in [0.15, 0.2) is 9.16 Å². The molecule has 0 aliphatic rings. The van der Waals surface area contributed by atoms with Gasteiger partial charge in [-0.25, -0.2) is 0 Å². The van der Waals surface area contributed by atoms with Crippen LogP contribution in [-0.2, 0) is 26.7 Å². The van der Waals surface area contributed by atoms with E-state index in [1.165, 1.54) is 0 Å². The summed E-state index contributed by atoms with van der Waals surface area (Å²) in [7, 11) is 0. The Morgan fingerprint density at radius 1 is 0.947 bits per heavy atom. The molecule has 0 amide bonds. The smallest absolute Gasteiger partial charge is 0.548 e. The average Bonchev–Trinajstić information content (AvgIpc) is 2.33. The second kappa shape index (κ2) is 15.3. The fourth-order valence-corrected chi connectivity index (χ4v) is 1.07. The van der Waals surface area contributed by atoms with Crippen molar-refractivity contribution >= 4 is 35.8 Å². The largest absolute Gasteiger partial charge is 2.00 e. The van der Waals surface area contributed by atoms with E-state index in [0.29, 0.717) is 23.9 Å². The van der Waals surface area contributed by atoms with Crippen LogP contribution in [0.4, 0.5) is 0 Å². The number of nitrogens with two attached hydrogens (primary N) is 2. The second-order valence-corrected chi connectivity index (χ2v) is 4.07. The van der Waals surface area contributed by atoms with Crippen molar-refractivity contribution in [2.45, 2.75) is 12.1 Å². The zero-order valence-electron chi connectivity index (χ0n) is 9.19. The summed E-state index contributed by atoms with van der Waals surface area (Å²) in [5.74, 6) is -2.81. The zero-order chi connectivity index (χ0) is 14.6. The van der Waals surface area contributed by atoms with Crippen molar-refractivity contribution in [2.75, 3.05) is 11.5 Å². The van der Waals surface area contributed by atoms with E-state index in [1.807, 2.05) is 0 Å². The first kappa shape index (κ1) is 23.4. The number of carboxylic acids is 2. The summed E-state index contributed by atoms with van der Waals surface area (Å²) < 4.78 is 4.71. The molecule has 4 N–H and O–H groups in total. The van der Waals surface area contributed by atoms with E-state index in [0.717, 1.165) is 0 Å². The normalized spacial score (nSPS) is 11.9. The number of nitroso groups, excluding NO2 is 2. The third-order valence-electron chi connectivity index (χ3n) is 1.22. The molecule has 13 heteroatoms. The van der Waals surface area contributed by atoms with Gasteiger partial charge in [0.15, 0.2) is 0 Å². The van der Waals surface area contributed by atoms with Gasteiger partial charge in [-0.1, -0.05) is 0 Å². The summed E-state index contributed by atoms with van der Waals surface area (Å²) in [6.45, 7) is 0. The average molecular weight is 362 g/mol. The molecule has 0 rings (SSSR count). The Morgan fingerprint density at radius 2 is 1.21 bits per heavy atom. The van der Waals surface area contributed by atoms with Crippen LogP contribution >= 0.6 is 23.9 Å². The van der Waals surface area contributed by atoms with Crippen LogP contribution in [-0.4, -0.2) is 35.5 Å². The van der Waals surface area contributed by atoms with E-state index in [-0.39, 0.29) is 28.6 Å². The van der Waals surface area contributed by atoms with Gasteiger partial charge in [0.2, 0.25) is 0 Å². The molecule has 113 valence electrons. The monoisotopic (exact) mass is 361 g/mol. The summed E-state index contributed by atoms with van der Waals surface area (Å²) in [5, 5.41) is 19.6. The van der Waals surface area contributed by atoms with Gasteiger partial charge in [-0.2, -0.15) is 0 Å². The molecule has 0 saturated carbocycles. The van der Waals surface area contributed by atoms with Gasteiger partial charge >= 0.3 is 17.1 Å². The van der Waals surface area contributed by atoms with Crippen LogP contribution in [0.25, 0.3) is 0 Å². The number of nitrogens with zero attached hydrogens (tertiary/aromatic N) is 2. The predicted octanol–water partition coefficient (Wildman–Crippen LogP) is -3.05. The van der Waals surface area contributed by atoms with Gasteiger partial charge in [0.1, 0.15) is 0 Å². The number of hydrogen-bond acceptors (Lipinski definition) is 12.